The number of aromatic carboxylic acids is 1. The quantitative estimate of drug-likeness (QED) is 0.577. The van der Waals surface area contributed by atoms with Crippen LogP contribution >= 0.6 is 15.9 Å². The molecule has 0 aliphatic rings. The summed E-state index contributed by atoms with van der Waals surface area (Å²) >= 11 is 2.90. The third kappa shape index (κ3) is 1.26. The predicted octanol–water partition coefficient (Wildman–Crippen LogP) is -0.0252. The summed E-state index contributed by atoms with van der Waals surface area (Å²) in [6.45, 7) is 0. The Morgan fingerprint density at radius 1 is 1.64 bits per heavy atom. The largest absolute Gasteiger partial charge is 0.494 e. The SMILES string of the molecule is [B]c1c(C(=O)O)[nH]c(O)c1Br. The Hall–Kier alpha value is -0.905. The smallest absolute Gasteiger partial charge is 0.351 e. The van der Waals surface area contributed by atoms with Gasteiger partial charge in [-0.05, 0) is 21.4 Å². The van der Waals surface area contributed by atoms with E-state index in [2.05, 4.69) is 20.9 Å². The minimum Gasteiger partial charge on any atom is -0.494 e. The van der Waals surface area contributed by atoms with Crippen molar-refractivity contribution >= 4 is 35.2 Å². The highest BCUT2D eigenvalue weighted by Gasteiger charge is 2.15. The molecule has 1 aromatic rings. The molecule has 11 heavy (non-hydrogen) atoms. The molecule has 0 bridgehead atoms. The minimum atomic E-state index is -1.21. The van der Waals surface area contributed by atoms with Crippen molar-refractivity contribution in [2.45, 2.75) is 0 Å². The molecule has 0 unspecified atom stereocenters. The summed E-state index contributed by atoms with van der Waals surface area (Å²) < 4.78 is 0.176. The number of carbonyl (C=O) groups is 1. The van der Waals surface area contributed by atoms with Gasteiger partial charge >= 0.3 is 5.97 Å². The van der Waals surface area contributed by atoms with Crippen molar-refractivity contribution in [2.75, 3.05) is 0 Å². The van der Waals surface area contributed by atoms with E-state index >= 15 is 0 Å². The minimum absolute atomic E-state index is 0.00463. The van der Waals surface area contributed by atoms with Gasteiger partial charge in [-0.3, -0.25) is 0 Å². The van der Waals surface area contributed by atoms with Gasteiger partial charge in [-0.25, -0.2) is 4.79 Å². The van der Waals surface area contributed by atoms with Gasteiger partial charge in [-0.1, -0.05) is 0 Å². The topological polar surface area (TPSA) is 73.3 Å². The maximum atomic E-state index is 10.3. The number of aromatic amines is 1. The van der Waals surface area contributed by atoms with E-state index in [4.69, 9.17) is 18.1 Å². The van der Waals surface area contributed by atoms with Crippen LogP contribution in [0.2, 0.25) is 0 Å². The first kappa shape index (κ1) is 8.19. The summed E-state index contributed by atoms with van der Waals surface area (Å²) in [6.07, 6.45) is 0. The number of halogens is 1. The molecule has 1 rings (SSSR count). The number of aromatic nitrogens is 1. The molecule has 0 saturated carbocycles. The molecule has 3 N–H and O–H groups in total. The number of carboxylic acid groups (broad SMARTS) is 1. The molecular weight excluding hydrogens is 213 g/mol. The van der Waals surface area contributed by atoms with Gasteiger partial charge in [-0.2, -0.15) is 0 Å². The molecule has 4 nitrogen and oxygen atoms in total. The Kier molecular flexibility index (Phi) is 1.95. The molecule has 0 atom stereocenters. The Labute approximate surface area is 71.8 Å². The van der Waals surface area contributed by atoms with Gasteiger partial charge in [0.05, 0.1) is 4.47 Å². The van der Waals surface area contributed by atoms with Crippen LogP contribution in [0.1, 0.15) is 10.5 Å². The molecule has 0 aliphatic heterocycles. The van der Waals surface area contributed by atoms with E-state index in [0.29, 0.717) is 0 Å². The molecule has 0 aromatic carbocycles. The van der Waals surface area contributed by atoms with Gasteiger partial charge in [0.1, 0.15) is 13.5 Å². The maximum Gasteiger partial charge on any atom is 0.351 e. The molecule has 2 radical (unpaired) electrons. The summed E-state index contributed by atoms with van der Waals surface area (Å²) in [5, 5.41) is 17.4. The lowest BCUT2D eigenvalue weighted by Crippen LogP contribution is -2.13. The van der Waals surface area contributed by atoms with E-state index in [1.54, 1.807) is 0 Å². The van der Waals surface area contributed by atoms with Crippen molar-refractivity contribution in [2.24, 2.45) is 0 Å². The van der Waals surface area contributed by atoms with Crippen molar-refractivity contribution in [3.63, 3.8) is 0 Å². The molecule has 0 amide bonds. The average Bonchev–Trinajstić information content (AvgIpc) is 2.17. The van der Waals surface area contributed by atoms with Crippen LogP contribution in [0.3, 0.4) is 0 Å². The Morgan fingerprint density at radius 2 is 2.18 bits per heavy atom. The van der Waals surface area contributed by atoms with E-state index in [0.717, 1.165) is 0 Å². The molecule has 0 aliphatic carbocycles. The van der Waals surface area contributed by atoms with Crippen LogP contribution in [0.4, 0.5) is 0 Å². The van der Waals surface area contributed by atoms with E-state index in [1.807, 2.05) is 0 Å². The van der Waals surface area contributed by atoms with E-state index in [-0.39, 0.29) is 21.5 Å². The molecule has 0 spiro atoms. The number of H-pyrrole nitrogens is 1. The monoisotopic (exact) mass is 215 g/mol. The van der Waals surface area contributed by atoms with E-state index in [1.165, 1.54) is 0 Å². The van der Waals surface area contributed by atoms with E-state index < -0.39 is 5.97 Å². The fraction of sp³-hybridized carbons (Fsp3) is 0. The second-order valence-electron chi connectivity index (χ2n) is 1.88. The van der Waals surface area contributed by atoms with Gasteiger partial charge in [0.25, 0.3) is 0 Å². The molecular formula is C5H3BBrNO3. The van der Waals surface area contributed by atoms with Crippen molar-refractivity contribution in [3.8, 4) is 5.88 Å². The fourth-order valence-electron chi connectivity index (χ4n) is 0.647. The number of hydrogen-bond donors (Lipinski definition) is 3. The second kappa shape index (κ2) is 2.62. The molecule has 0 fully saturated rings. The van der Waals surface area contributed by atoms with Crippen molar-refractivity contribution in [1.82, 2.24) is 4.98 Å². The summed E-state index contributed by atoms with van der Waals surface area (Å²) in [6, 6.07) is 0. The second-order valence-corrected chi connectivity index (χ2v) is 2.67. The Balaban J connectivity index is 3.29. The summed E-state index contributed by atoms with van der Waals surface area (Å²) in [5.41, 5.74) is -0.218. The lowest BCUT2D eigenvalue weighted by atomic mass is 9.96. The van der Waals surface area contributed by atoms with Crippen LogP contribution in [0.25, 0.3) is 0 Å². The number of carboxylic acids is 1. The number of nitrogens with one attached hydrogen (secondary N) is 1. The Bertz CT molecular complexity index is 309. The molecule has 56 valence electrons. The summed E-state index contributed by atoms with van der Waals surface area (Å²) in [7, 11) is 5.29. The first-order valence-electron chi connectivity index (χ1n) is 2.63. The van der Waals surface area contributed by atoms with Gasteiger partial charge in [-0.15, -0.1) is 0 Å². The summed E-state index contributed by atoms with van der Waals surface area (Å²) in [5.74, 6) is -1.48. The lowest BCUT2D eigenvalue weighted by molar-refractivity contribution is 0.0692. The highest BCUT2D eigenvalue weighted by molar-refractivity contribution is 9.10. The fourth-order valence-corrected chi connectivity index (χ4v) is 0.944. The highest BCUT2D eigenvalue weighted by Crippen LogP contribution is 2.20. The zero-order valence-electron chi connectivity index (χ0n) is 5.26. The summed E-state index contributed by atoms with van der Waals surface area (Å²) in [4.78, 5) is 12.5. The molecule has 6 heteroatoms. The average molecular weight is 216 g/mol. The van der Waals surface area contributed by atoms with E-state index in [9.17, 15) is 4.79 Å². The van der Waals surface area contributed by atoms with Crippen molar-refractivity contribution in [1.29, 1.82) is 0 Å². The Morgan fingerprint density at radius 3 is 2.36 bits per heavy atom. The van der Waals surface area contributed by atoms with Gasteiger partial charge in [0.15, 0.2) is 0 Å². The third-order valence-corrected chi connectivity index (χ3v) is 1.97. The zero-order valence-corrected chi connectivity index (χ0v) is 6.84. The van der Waals surface area contributed by atoms with Gasteiger partial charge < -0.3 is 15.2 Å². The normalized spacial score (nSPS) is 9.91. The number of hydrogen-bond acceptors (Lipinski definition) is 2. The highest BCUT2D eigenvalue weighted by atomic mass is 79.9. The molecule has 0 saturated heterocycles. The molecule has 1 aromatic heterocycles. The first-order chi connectivity index (χ1) is 5.04. The standard InChI is InChI=1S/C5H3BBrNO3/c6-1-2(7)4(9)8-3(1)5(10)11/h8-9H,(H,10,11). The predicted molar refractivity (Wildman–Crippen MR) is 42.5 cm³/mol. The van der Waals surface area contributed by atoms with Crippen LogP contribution in [0, 0.1) is 0 Å². The van der Waals surface area contributed by atoms with Crippen LogP contribution in [0.15, 0.2) is 4.47 Å². The van der Waals surface area contributed by atoms with Crippen molar-refractivity contribution < 1.29 is 15.0 Å². The lowest BCUT2D eigenvalue weighted by Gasteiger charge is -1.89. The maximum absolute atomic E-state index is 10.3. The number of aromatic hydroxyl groups is 1. The molecule has 1 heterocycles. The zero-order chi connectivity index (χ0) is 8.59. The van der Waals surface area contributed by atoms with Crippen LogP contribution in [0.5, 0.6) is 5.88 Å². The number of rotatable bonds is 1. The first-order valence-corrected chi connectivity index (χ1v) is 3.42. The van der Waals surface area contributed by atoms with Crippen LogP contribution < -0.4 is 5.46 Å². The van der Waals surface area contributed by atoms with Gasteiger partial charge in [0, 0.05) is 0 Å². The van der Waals surface area contributed by atoms with Gasteiger partial charge in [0.2, 0.25) is 5.88 Å². The van der Waals surface area contributed by atoms with Crippen LogP contribution in [-0.2, 0) is 0 Å². The van der Waals surface area contributed by atoms with Crippen molar-refractivity contribution in [3.05, 3.63) is 10.2 Å². The third-order valence-electron chi connectivity index (χ3n) is 1.17. The van der Waals surface area contributed by atoms with Crippen LogP contribution in [-0.4, -0.2) is 29.0 Å².